The molecule has 0 aromatic heterocycles. The second-order valence-electron chi connectivity index (χ2n) is 6.49. The number of hydrogen-bond acceptors (Lipinski definition) is 3. The number of nitrogens with zero attached hydrogens (tertiary/aromatic N) is 2. The Bertz CT molecular complexity index is 679. The number of benzene rings is 2. The quantitative estimate of drug-likeness (QED) is 0.937. The maximum atomic E-state index is 9.65. The van der Waals surface area contributed by atoms with Crippen LogP contribution >= 0.6 is 0 Å². The number of para-hydroxylation sites is 1. The Morgan fingerprint density at radius 2 is 1.57 bits per heavy atom. The fourth-order valence-electron chi connectivity index (χ4n) is 4.13. The van der Waals surface area contributed by atoms with Crippen LogP contribution in [0.4, 0.5) is 5.69 Å². The molecular weight excluding hydrogens is 284 g/mol. The lowest BCUT2D eigenvalue weighted by molar-refractivity contribution is 0.152. The molecule has 2 aromatic carbocycles. The third-order valence-corrected chi connectivity index (χ3v) is 5.12. The van der Waals surface area contributed by atoms with E-state index in [-0.39, 0.29) is 12.8 Å². The first-order valence-electron chi connectivity index (χ1n) is 8.70. The van der Waals surface area contributed by atoms with Crippen LogP contribution < -0.4 is 4.90 Å². The van der Waals surface area contributed by atoms with E-state index in [1.165, 1.54) is 41.6 Å². The maximum Gasteiger partial charge on any atom is 0.109 e. The number of piperidine rings is 1. The number of fused-ring (bicyclic) bond motifs is 3. The number of aliphatic hydroxyl groups is 1. The van der Waals surface area contributed by atoms with Gasteiger partial charge < -0.3 is 10.0 Å². The molecule has 0 saturated carbocycles. The van der Waals surface area contributed by atoms with Gasteiger partial charge in [0.25, 0.3) is 0 Å². The first-order valence-corrected chi connectivity index (χ1v) is 8.70. The largest absolute Gasteiger partial charge is 0.395 e. The molecule has 2 aromatic rings. The molecule has 0 radical (unpaired) electrons. The van der Waals surface area contributed by atoms with Gasteiger partial charge in [-0.25, -0.2) is 0 Å². The van der Waals surface area contributed by atoms with Crippen LogP contribution in [0.15, 0.2) is 48.5 Å². The monoisotopic (exact) mass is 308 g/mol. The van der Waals surface area contributed by atoms with E-state index < -0.39 is 0 Å². The molecule has 1 atom stereocenters. The van der Waals surface area contributed by atoms with E-state index in [9.17, 15) is 5.11 Å². The summed E-state index contributed by atoms with van der Waals surface area (Å²) >= 11 is 0. The van der Waals surface area contributed by atoms with Gasteiger partial charge in [0.05, 0.1) is 6.61 Å². The third-order valence-electron chi connectivity index (χ3n) is 5.12. The molecule has 120 valence electrons. The van der Waals surface area contributed by atoms with Crippen molar-refractivity contribution < 1.29 is 5.11 Å². The van der Waals surface area contributed by atoms with Gasteiger partial charge in [0, 0.05) is 30.9 Å². The topological polar surface area (TPSA) is 26.7 Å². The molecule has 1 fully saturated rings. The van der Waals surface area contributed by atoms with Gasteiger partial charge in [0.1, 0.15) is 6.17 Å². The van der Waals surface area contributed by atoms with Gasteiger partial charge in [-0.3, -0.25) is 4.90 Å². The first-order chi connectivity index (χ1) is 11.4. The van der Waals surface area contributed by atoms with E-state index in [0.29, 0.717) is 6.54 Å². The minimum absolute atomic E-state index is 0.181. The van der Waals surface area contributed by atoms with E-state index in [0.717, 1.165) is 13.1 Å². The normalized spacial score (nSPS) is 20.9. The lowest BCUT2D eigenvalue weighted by Crippen LogP contribution is -2.46. The number of anilines is 1. The highest BCUT2D eigenvalue weighted by atomic mass is 16.3. The molecule has 1 saturated heterocycles. The van der Waals surface area contributed by atoms with Gasteiger partial charge in [-0.15, -0.1) is 0 Å². The summed E-state index contributed by atoms with van der Waals surface area (Å²) in [5.74, 6) is 0. The molecule has 3 heteroatoms. The van der Waals surface area contributed by atoms with Gasteiger partial charge in [0.2, 0.25) is 0 Å². The summed E-state index contributed by atoms with van der Waals surface area (Å²) in [5, 5.41) is 9.65. The molecule has 0 aliphatic carbocycles. The van der Waals surface area contributed by atoms with Crippen molar-refractivity contribution in [3.8, 4) is 11.1 Å². The molecule has 3 nitrogen and oxygen atoms in total. The number of rotatable bonds is 3. The highest BCUT2D eigenvalue weighted by molar-refractivity contribution is 5.84. The zero-order chi connectivity index (χ0) is 15.6. The van der Waals surface area contributed by atoms with Gasteiger partial charge >= 0.3 is 0 Å². The molecular formula is C20H24N2O. The zero-order valence-electron chi connectivity index (χ0n) is 13.5. The predicted octanol–water partition coefficient (Wildman–Crippen LogP) is 3.65. The minimum Gasteiger partial charge on any atom is -0.395 e. The summed E-state index contributed by atoms with van der Waals surface area (Å²) < 4.78 is 0. The average molecular weight is 308 g/mol. The van der Waals surface area contributed by atoms with Crippen molar-refractivity contribution >= 4 is 5.69 Å². The van der Waals surface area contributed by atoms with Crippen molar-refractivity contribution in [2.45, 2.75) is 25.4 Å². The van der Waals surface area contributed by atoms with Crippen molar-refractivity contribution in [1.29, 1.82) is 0 Å². The van der Waals surface area contributed by atoms with E-state index in [1.54, 1.807) is 0 Å². The first kappa shape index (κ1) is 14.7. The molecule has 1 N–H and O–H groups in total. The number of hydrogen-bond donors (Lipinski definition) is 1. The molecule has 2 heterocycles. The lowest BCUT2D eigenvalue weighted by atomic mass is 9.90. The van der Waals surface area contributed by atoms with E-state index in [2.05, 4.69) is 58.3 Å². The van der Waals surface area contributed by atoms with Crippen LogP contribution in [-0.4, -0.2) is 36.2 Å². The summed E-state index contributed by atoms with van der Waals surface area (Å²) in [5.41, 5.74) is 5.25. The standard InChI is InChI=1S/C20H24N2O/c23-15-14-22-19-11-5-4-9-17(19)16-8-2-3-10-18(16)20(22)21-12-6-1-7-13-21/h2-5,8-11,20,23H,1,6-7,12-15H2. The minimum atomic E-state index is 0.181. The Balaban J connectivity index is 1.86. The number of likely N-dealkylation sites (tertiary alicyclic amines) is 1. The molecule has 0 amide bonds. The van der Waals surface area contributed by atoms with Crippen LogP contribution in [0.2, 0.25) is 0 Å². The summed E-state index contributed by atoms with van der Waals surface area (Å²) in [4.78, 5) is 4.98. The fraction of sp³-hybridized carbons (Fsp3) is 0.400. The van der Waals surface area contributed by atoms with Crippen LogP contribution in [0.1, 0.15) is 31.0 Å². The Labute approximate surface area is 138 Å². The third kappa shape index (κ3) is 2.54. The maximum absolute atomic E-state index is 9.65. The van der Waals surface area contributed by atoms with Crippen LogP contribution in [0, 0.1) is 0 Å². The molecule has 0 spiro atoms. The second kappa shape index (κ2) is 6.34. The van der Waals surface area contributed by atoms with E-state index in [4.69, 9.17) is 0 Å². The summed E-state index contributed by atoms with van der Waals surface area (Å²) in [6.45, 7) is 3.14. The Hall–Kier alpha value is -1.84. The molecule has 4 rings (SSSR count). The van der Waals surface area contributed by atoms with Crippen LogP contribution in [0.3, 0.4) is 0 Å². The second-order valence-corrected chi connectivity index (χ2v) is 6.49. The summed E-state index contributed by atoms with van der Waals surface area (Å²) in [7, 11) is 0. The highest BCUT2D eigenvalue weighted by Crippen LogP contribution is 2.46. The molecule has 2 aliphatic rings. The van der Waals surface area contributed by atoms with Crippen molar-refractivity contribution in [3.05, 3.63) is 54.1 Å². The van der Waals surface area contributed by atoms with Gasteiger partial charge in [-0.05, 0) is 30.0 Å². The predicted molar refractivity (Wildman–Crippen MR) is 94.5 cm³/mol. The fourth-order valence-corrected chi connectivity index (χ4v) is 4.13. The highest BCUT2D eigenvalue weighted by Gasteiger charge is 2.34. The SMILES string of the molecule is OCCN1c2ccccc2-c2ccccc2C1N1CCCCC1. The number of β-amino-alcohol motifs (C(OH)–C–C–N with tert-alkyl or cyclic N) is 1. The molecule has 23 heavy (non-hydrogen) atoms. The lowest BCUT2D eigenvalue weighted by Gasteiger charge is -2.46. The smallest absolute Gasteiger partial charge is 0.109 e. The number of aliphatic hydroxyl groups excluding tert-OH is 1. The zero-order valence-corrected chi connectivity index (χ0v) is 13.5. The van der Waals surface area contributed by atoms with Crippen molar-refractivity contribution in [2.75, 3.05) is 31.1 Å². The Kier molecular flexibility index (Phi) is 4.06. The average Bonchev–Trinajstić information content (AvgIpc) is 2.63. The van der Waals surface area contributed by atoms with Crippen LogP contribution in [0.25, 0.3) is 11.1 Å². The summed E-state index contributed by atoms with van der Waals surface area (Å²) in [6, 6.07) is 17.4. The molecule has 0 bridgehead atoms. The van der Waals surface area contributed by atoms with Crippen LogP contribution in [-0.2, 0) is 0 Å². The molecule has 1 unspecified atom stereocenters. The van der Waals surface area contributed by atoms with Crippen molar-refractivity contribution in [3.63, 3.8) is 0 Å². The molecule has 2 aliphatic heterocycles. The van der Waals surface area contributed by atoms with Gasteiger partial charge in [-0.2, -0.15) is 0 Å². The van der Waals surface area contributed by atoms with Crippen LogP contribution in [0.5, 0.6) is 0 Å². The Morgan fingerprint density at radius 3 is 2.35 bits per heavy atom. The van der Waals surface area contributed by atoms with E-state index in [1.807, 2.05) is 0 Å². The van der Waals surface area contributed by atoms with E-state index >= 15 is 0 Å². The summed E-state index contributed by atoms with van der Waals surface area (Å²) in [6.07, 6.45) is 4.12. The van der Waals surface area contributed by atoms with Gasteiger partial charge in [0.15, 0.2) is 0 Å². The Morgan fingerprint density at radius 1 is 0.870 bits per heavy atom. The van der Waals surface area contributed by atoms with Crippen molar-refractivity contribution in [1.82, 2.24) is 4.90 Å². The van der Waals surface area contributed by atoms with Crippen molar-refractivity contribution in [2.24, 2.45) is 0 Å². The van der Waals surface area contributed by atoms with Gasteiger partial charge in [-0.1, -0.05) is 48.9 Å².